The van der Waals surface area contributed by atoms with Gasteiger partial charge in [0.1, 0.15) is 5.75 Å². The van der Waals surface area contributed by atoms with E-state index in [1.165, 1.54) is 0 Å². The van der Waals surface area contributed by atoms with Crippen LogP contribution in [0.1, 0.15) is 51.4 Å². The minimum atomic E-state index is -0.244. The number of hydrogen-bond donors (Lipinski definition) is 0. The molecular weight excluding hydrogens is 372 g/mol. The molecule has 0 aliphatic heterocycles. The zero-order valence-corrected chi connectivity index (χ0v) is 15.9. The molecule has 6 heteroatoms. The zero-order chi connectivity index (χ0) is 17.2. The Kier molecular flexibility index (Phi) is 5.25. The van der Waals surface area contributed by atoms with Crippen LogP contribution in [0.4, 0.5) is 0 Å². The average molecular weight is 395 g/mol. The van der Waals surface area contributed by atoms with Crippen LogP contribution in [0.15, 0.2) is 33.3 Å². The molecular formula is C18H23BrN2O3. The van der Waals surface area contributed by atoms with Crippen LogP contribution in [0, 0.1) is 5.92 Å². The molecule has 1 aromatic carbocycles. The molecule has 1 heterocycles. The fraction of sp³-hybridized carbons (Fsp3) is 0.556. The molecule has 24 heavy (non-hydrogen) atoms. The van der Waals surface area contributed by atoms with Crippen molar-refractivity contribution in [2.75, 3.05) is 13.2 Å². The van der Waals surface area contributed by atoms with E-state index in [0.29, 0.717) is 24.9 Å². The van der Waals surface area contributed by atoms with Crippen LogP contribution >= 0.6 is 15.9 Å². The molecule has 3 rings (SSSR count). The molecule has 0 radical (unpaired) electrons. The molecule has 2 aromatic rings. The third kappa shape index (κ3) is 3.81. The maximum Gasteiger partial charge on any atom is 0.235 e. The van der Waals surface area contributed by atoms with Crippen molar-refractivity contribution < 1.29 is 14.0 Å². The van der Waals surface area contributed by atoms with Gasteiger partial charge in [0.15, 0.2) is 6.10 Å². The van der Waals surface area contributed by atoms with Crippen LogP contribution in [0.2, 0.25) is 0 Å². The normalized spacial score (nSPS) is 17.0. The summed E-state index contributed by atoms with van der Waals surface area (Å²) in [4.78, 5) is 4.64. The van der Waals surface area contributed by atoms with E-state index in [9.17, 15) is 0 Å². The quantitative estimate of drug-likeness (QED) is 0.650. The van der Waals surface area contributed by atoms with E-state index in [4.69, 9.17) is 14.0 Å². The fourth-order valence-electron chi connectivity index (χ4n) is 2.58. The highest BCUT2D eigenvalue weighted by Gasteiger charge is 2.50. The average Bonchev–Trinajstić information content (AvgIpc) is 3.20. The van der Waals surface area contributed by atoms with Crippen molar-refractivity contribution in [1.82, 2.24) is 10.1 Å². The van der Waals surface area contributed by atoms with Crippen LogP contribution < -0.4 is 4.74 Å². The lowest BCUT2D eigenvalue weighted by Crippen LogP contribution is -2.18. The topological polar surface area (TPSA) is 57.4 Å². The Hall–Kier alpha value is -1.40. The van der Waals surface area contributed by atoms with Gasteiger partial charge >= 0.3 is 0 Å². The standard InChI is InChI=1S/C18H23BrN2O3/c1-4-22-11-18(9-10-18)17-20-16(21-24-17)15(12(2)3)23-14-7-5-13(19)6-8-14/h5-8,12,15H,4,9-11H2,1-3H3. The lowest BCUT2D eigenvalue weighted by atomic mass is 10.1. The van der Waals surface area contributed by atoms with Gasteiger partial charge in [0.2, 0.25) is 11.7 Å². The summed E-state index contributed by atoms with van der Waals surface area (Å²) in [7, 11) is 0. The first-order valence-corrected chi connectivity index (χ1v) is 9.17. The molecule has 1 aliphatic rings. The van der Waals surface area contributed by atoms with E-state index in [0.717, 1.165) is 23.1 Å². The Balaban J connectivity index is 1.76. The van der Waals surface area contributed by atoms with Crippen molar-refractivity contribution in [2.24, 2.45) is 5.92 Å². The third-order valence-electron chi connectivity index (χ3n) is 4.27. The minimum absolute atomic E-state index is 0.0829. The third-order valence-corrected chi connectivity index (χ3v) is 4.80. The van der Waals surface area contributed by atoms with Crippen molar-refractivity contribution >= 4 is 15.9 Å². The lowest BCUT2D eigenvalue weighted by molar-refractivity contribution is 0.114. The van der Waals surface area contributed by atoms with Gasteiger partial charge in [0.25, 0.3) is 0 Å². The molecule has 0 spiro atoms. The molecule has 130 valence electrons. The number of hydrogen-bond acceptors (Lipinski definition) is 5. The van der Waals surface area contributed by atoms with Gasteiger partial charge in [0.05, 0.1) is 12.0 Å². The summed E-state index contributed by atoms with van der Waals surface area (Å²) in [5.41, 5.74) is -0.0829. The summed E-state index contributed by atoms with van der Waals surface area (Å²) in [6.45, 7) is 7.52. The first-order valence-electron chi connectivity index (χ1n) is 8.38. The maximum atomic E-state index is 6.11. The predicted molar refractivity (Wildman–Crippen MR) is 94.1 cm³/mol. The van der Waals surface area contributed by atoms with E-state index in [1.807, 2.05) is 31.2 Å². The number of aromatic nitrogens is 2. The van der Waals surface area contributed by atoms with Crippen LogP contribution in [0.5, 0.6) is 5.75 Å². The number of nitrogens with zero attached hydrogens (tertiary/aromatic N) is 2. The Labute approximate surface area is 150 Å². The van der Waals surface area contributed by atoms with E-state index in [-0.39, 0.29) is 17.4 Å². The van der Waals surface area contributed by atoms with Gasteiger partial charge in [0, 0.05) is 11.1 Å². The summed E-state index contributed by atoms with van der Waals surface area (Å²) < 4.78 is 18.2. The number of rotatable bonds is 8. The summed E-state index contributed by atoms with van der Waals surface area (Å²) in [5, 5.41) is 4.19. The van der Waals surface area contributed by atoms with Crippen molar-refractivity contribution in [3.8, 4) is 5.75 Å². The Morgan fingerprint density at radius 3 is 2.54 bits per heavy atom. The molecule has 1 atom stereocenters. The van der Waals surface area contributed by atoms with Crippen molar-refractivity contribution in [1.29, 1.82) is 0 Å². The van der Waals surface area contributed by atoms with Crippen LogP contribution in [-0.2, 0) is 10.2 Å². The summed E-state index contributed by atoms with van der Waals surface area (Å²) in [6, 6.07) is 7.77. The SMILES string of the molecule is CCOCC1(c2nc(C(Oc3ccc(Br)cc3)C(C)C)no2)CC1. The Morgan fingerprint density at radius 1 is 1.25 bits per heavy atom. The van der Waals surface area contributed by atoms with Crippen LogP contribution in [0.25, 0.3) is 0 Å². The van der Waals surface area contributed by atoms with Gasteiger partial charge < -0.3 is 14.0 Å². The molecule has 5 nitrogen and oxygen atoms in total. The van der Waals surface area contributed by atoms with Crippen molar-refractivity contribution in [3.05, 3.63) is 40.5 Å². The van der Waals surface area contributed by atoms with Gasteiger partial charge in [-0.1, -0.05) is 34.9 Å². The number of ether oxygens (including phenoxy) is 2. The van der Waals surface area contributed by atoms with Crippen molar-refractivity contribution in [3.63, 3.8) is 0 Å². The second-order valence-corrected chi connectivity index (χ2v) is 7.53. The molecule has 1 saturated carbocycles. The molecule has 0 bridgehead atoms. The summed E-state index contributed by atoms with van der Waals surface area (Å²) >= 11 is 3.43. The van der Waals surface area contributed by atoms with Gasteiger partial charge in [-0.15, -0.1) is 0 Å². The Morgan fingerprint density at radius 2 is 1.96 bits per heavy atom. The summed E-state index contributed by atoms with van der Waals surface area (Å²) in [5.74, 6) is 2.29. The minimum Gasteiger partial charge on any atom is -0.482 e. The second-order valence-electron chi connectivity index (χ2n) is 6.61. The Bertz CT molecular complexity index is 665. The first kappa shape index (κ1) is 17.4. The van der Waals surface area contributed by atoms with Crippen molar-refractivity contribution in [2.45, 2.75) is 45.1 Å². The van der Waals surface area contributed by atoms with E-state index < -0.39 is 0 Å². The van der Waals surface area contributed by atoms with Crippen LogP contribution in [0.3, 0.4) is 0 Å². The molecule has 0 amide bonds. The van der Waals surface area contributed by atoms with E-state index in [2.05, 4.69) is 39.9 Å². The molecule has 0 saturated heterocycles. The fourth-order valence-corrected chi connectivity index (χ4v) is 2.85. The largest absolute Gasteiger partial charge is 0.482 e. The second kappa shape index (κ2) is 7.23. The summed E-state index contributed by atoms with van der Waals surface area (Å²) in [6.07, 6.45) is 1.83. The molecule has 1 unspecified atom stereocenters. The monoisotopic (exact) mass is 394 g/mol. The van der Waals surface area contributed by atoms with E-state index >= 15 is 0 Å². The highest BCUT2D eigenvalue weighted by molar-refractivity contribution is 9.10. The van der Waals surface area contributed by atoms with E-state index in [1.54, 1.807) is 0 Å². The highest BCUT2D eigenvalue weighted by Crippen LogP contribution is 2.48. The number of halogens is 1. The molecule has 1 aromatic heterocycles. The first-order chi connectivity index (χ1) is 11.5. The van der Waals surface area contributed by atoms with Gasteiger partial charge in [-0.2, -0.15) is 4.98 Å². The van der Waals surface area contributed by atoms with Gasteiger partial charge in [-0.25, -0.2) is 0 Å². The molecule has 1 aliphatic carbocycles. The van der Waals surface area contributed by atoms with Gasteiger partial charge in [-0.3, -0.25) is 0 Å². The molecule has 0 N–H and O–H groups in total. The number of benzene rings is 1. The predicted octanol–water partition coefficient (Wildman–Crippen LogP) is 4.68. The highest BCUT2D eigenvalue weighted by atomic mass is 79.9. The smallest absolute Gasteiger partial charge is 0.235 e. The van der Waals surface area contributed by atoms with Gasteiger partial charge in [-0.05, 0) is 49.9 Å². The molecule has 1 fully saturated rings. The lowest BCUT2D eigenvalue weighted by Gasteiger charge is -2.19. The van der Waals surface area contributed by atoms with Crippen LogP contribution in [-0.4, -0.2) is 23.4 Å². The zero-order valence-electron chi connectivity index (χ0n) is 14.3. The maximum absolute atomic E-state index is 6.11.